The van der Waals surface area contributed by atoms with Gasteiger partial charge in [-0.2, -0.15) is 0 Å². The third-order valence-electron chi connectivity index (χ3n) is 2.75. The second-order valence-corrected chi connectivity index (χ2v) is 4.56. The quantitative estimate of drug-likeness (QED) is 0.574. The average molecular weight is 281 g/mol. The van der Waals surface area contributed by atoms with Gasteiger partial charge in [-0.3, -0.25) is 15.6 Å². The summed E-state index contributed by atoms with van der Waals surface area (Å²) >= 11 is 4.85. The minimum absolute atomic E-state index is 0.293. The Morgan fingerprint density at radius 2 is 2.00 bits per heavy atom. The minimum Gasteiger partial charge on any atom is -0.481 e. The Hall–Kier alpha value is -1.82. The molecule has 0 unspecified atom stereocenters. The van der Waals surface area contributed by atoms with Gasteiger partial charge in [-0.05, 0) is 50.2 Å². The number of hydrogen-bond acceptors (Lipinski definition) is 3. The van der Waals surface area contributed by atoms with Gasteiger partial charge in [0.2, 0.25) is 0 Å². The van der Waals surface area contributed by atoms with Crippen molar-refractivity contribution >= 4 is 23.2 Å². The van der Waals surface area contributed by atoms with E-state index < -0.39 is 6.10 Å². The van der Waals surface area contributed by atoms with Crippen LogP contribution in [0.4, 0.5) is 0 Å². The average Bonchev–Trinajstić information content (AvgIpc) is 2.40. The highest BCUT2D eigenvalue weighted by molar-refractivity contribution is 7.80. The summed E-state index contributed by atoms with van der Waals surface area (Å²) in [6.45, 7) is 5.64. The van der Waals surface area contributed by atoms with E-state index in [9.17, 15) is 4.79 Å². The molecule has 104 valence electrons. The smallest absolute Gasteiger partial charge is 0.279 e. The lowest BCUT2D eigenvalue weighted by Gasteiger charge is -2.17. The molecule has 19 heavy (non-hydrogen) atoms. The maximum Gasteiger partial charge on any atom is 0.279 e. The third-order valence-corrected chi connectivity index (χ3v) is 3.06. The highest BCUT2D eigenvalue weighted by atomic mass is 32.1. The summed E-state index contributed by atoms with van der Waals surface area (Å²) in [6, 6.07) is 5.74. The Balaban J connectivity index is 2.59. The molecule has 5 nitrogen and oxygen atoms in total. The van der Waals surface area contributed by atoms with Crippen LogP contribution < -0.4 is 20.9 Å². The molecule has 1 rings (SSSR count). The Morgan fingerprint density at radius 3 is 2.63 bits per heavy atom. The molecule has 1 atom stereocenters. The van der Waals surface area contributed by atoms with E-state index in [-0.39, 0.29) is 5.91 Å². The van der Waals surface area contributed by atoms with Crippen molar-refractivity contribution in [1.29, 1.82) is 0 Å². The highest BCUT2D eigenvalue weighted by Crippen LogP contribution is 2.21. The molecular formula is C13H19N3O2S. The number of ether oxygens (including phenoxy) is 1. The summed E-state index contributed by atoms with van der Waals surface area (Å²) in [5, 5.41) is 3.03. The molecule has 0 fully saturated rings. The Morgan fingerprint density at radius 1 is 1.32 bits per heavy atom. The molecule has 1 amide bonds. The van der Waals surface area contributed by atoms with Crippen molar-refractivity contribution in [2.75, 3.05) is 7.05 Å². The molecule has 1 aromatic rings. The molecule has 0 aliphatic heterocycles. The zero-order valence-electron chi connectivity index (χ0n) is 11.5. The lowest BCUT2D eigenvalue weighted by Crippen LogP contribution is -2.49. The number of rotatable bonds is 3. The van der Waals surface area contributed by atoms with Crippen LogP contribution in [0.2, 0.25) is 0 Å². The number of benzene rings is 1. The number of hydrogen-bond donors (Lipinski definition) is 3. The fourth-order valence-corrected chi connectivity index (χ4v) is 1.43. The van der Waals surface area contributed by atoms with Gasteiger partial charge in [0.1, 0.15) is 5.75 Å². The molecule has 6 heteroatoms. The standard InChI is InChI=1S/C13H19N3O2S/c1-8-6-5-7-11(9(8)2)18-10(3)12(17)15-16-13(19)14-4/h5-7,10H,1-4H3,(H,15,17)(H2,14,16,19)/t10-/m0/s1. The highest BCUT2D eigenvalue weighted by Gasteiger charge is 2.15. The van der Waals surface area contributed by atoms with Crippen LogP contribution in [-0.4, -0.2) is 24.2 Å². The molecule has 0 saturated heterocycles. The predicted octanol–water partition coefficient (Wildman–Crippen LogP) is 1.20. The maximum absolute atomic E-state index is 11.8. The van der Waals surface area contributed by atoms with Gasteiger partial charge in [0.25, 0.3) is 5.91 Å². The fraction of sp³-hybridized carbons (Fsp3) is 0.385. The Labute approximate surface area is 118 Å². The normalized spacial score (nSPS) is 11.4. The lowest BCUT2D eigenvalue weighted by atomic mass is 10.1. The molecule has 0 aliphatic rings. The van der Waals surface area contributed by atoms with Crippen LogP contribution in [0.15, 0.2) is 18.2 Å². The van der Waals surface area contributed by atoms with E-state index in [0.29, 0.717) is 10.9 Å². The zero-order chi connectivity index (χ0) is 14.4. The van der Waals surface area contributed by atoms with Gasteiger partial charge in [0, 0.05) is 7.05 Å². The van der Waals surface area contributed by atoms with Crippen LogP contribution in [0.1, 0.15) is 18.1 Å². The molecule has 0 heterocycles. The first kappa shape index (κ1) is 15.2. The number of carbonyl (C=O) groups is 1. The summed E-state index contributed by atoms with van der Waals surface area (Å²) in [4.78, 5) is 11.8. The van der Waals surface area contributed by atoms with Crippen LogP contribution in [0, 0.1) is 13.8 Å². The number of carbonyl (C=O) groups excluding carboxylic acids is 1. The van der Waals surface area contributed by atoms with Gasteiger partial charge in [-0.1, -0.05) is 12.1 Å². The van der Waals surface area contributed by atoms with Gasteiger partial charge in [0.15, 0.2) is 11.2 Å². The molecule has 0 aromatic heterocycles. The predicted molar refractivity (Wildman–Crippen MR) is 78.9 cm³/mol. The topological polar surface area (TPSA) is 62.4 Å². The minimum atomic E-state index is -0.618. The van der Waals surface area contributed by atoms with Gasteiger partial charge < -0.3 is 10.1 Å². The van der Waals surface area contributed by atoms with Crippen molar-refractivity contribution in [3.8, 4) is 5.75 Å². The molecule has 0 spiro atoms. The van der Waals surface area contributed by atoms with Crippen molar-refractivity contribution in [3.05, 3.63) is 29.3 Å². The summed E-state index contributed by atoms with van der Waals surface area (Å²) in [5.74, 6) is 0.414. The van der Waals surface area contributed by atoms with Gasteiger partial charge >= 0.3 is 0 Å². The molecule has 0 bridgehead atoms. The first-order valence-electron chi connectivity index (χ1n) is 5.96. The van der Waals surface area contributed by atoms with Crippen molar-refractivity contribution in [3.63, 3.8) is 0 Å². The van der Waals surface area contributed by atoms with E-state index in [0.717, 1.165) is 11.1 Å². The largest absolute Gasteiger partial charge is 0.481 e. The van der Waals surface area contributed by atoms with Gasteiger partial charge in [-0.15, -0.1) is 0 Å². The van der Waals surface area contributed by atoms with Crippen molar-refractivity contribution < 1.29 is 9.53 Å². The van der Waals surface area contributed by atoms with Gasteiger partial charge in [-0.25, -0.2) is 0 Å². The van der Waals surface area contributed by atoms with Gasteiger partial charge in [0.05, 0.1) is 0 Å². The van der Waals surface area contributed by atoms with E-state index >= 15 is 0 Å². The maximum atomic E-state index is 11.8. The number of hydrazine groups is 1. The van der Waals surface area contributed by atoms with Crippen LogP contribution in [-0.2, 0) is 4.79 Å². The van der Waals surface area contributed by atoms with Crippen molar-refractivity contribution in [2.45, 2.75) is 26.9 Å². The first-order chi connectivity index (χ1) is 8.95. The Bertz CT molecular complexity index is 477. The SMILES string of the molecule is CNC(=S)NNC(=O)[C@H](C)Oc1cccc(C)c1C. The van der Waals surface area contributed by atoms with Crippen LogP contribution in [0.5, 0.6) is 5.75 Å². The van der Waals surface area contributed by atoms with E-state index in [2.05, 4.69) is 16.2 Å². The zero-order valence-corrected chi connectivity index (χ0v) is 12.4. The molecule has 0 saturated carbocycles. The summed E-state index contributed by atoms with van der Waals surface area (Å²) in [6.07, 6.45) is -0.618. The van der Waals surface area contributed by atoms with Crippen LogP contribution >= 0.6 is 12.2 Å². The monoisotopic (exact) mass is 281 g/mol. The number of thiocarbonyl (C=S) groups is 1. The fourth-order valence-electron chi connectivity index (χ4n) is 1.38. The van der Waals surface area contributed by atoms with Crippen molar-refractivity contribution in [2.24, 2.45) is 0 Å². The second kappa shape index (κ2) is 6.94. The summed E-state index contributed by atoms with van der Waals surface area (Å²) < 4.78 is 5.64. The van der Waals surface area contributed by atoms with E-state index in [1.807, 2.05) is 32.0 Å². The summed E-state index contributed by atoms with van der Waals surface area (Å²) in [7, 11) is 1.66. The summed E-state index contributed by atoms with van der Waals surface area (Å²) in [5.41, 5.74) is 7.19. The molecule has 0 aliphatic carbocycles. The van der Waals surface area contributed by atoms with Crippen LogP contribution in [0.3, 0.4) is 0 Å². The number of aryl methyl sites for hydroxylation is 1. The molecule has 3 N–H and O–H groups in total. The number of amides is 1. The number of nitrogens with one attached hydrogen (secondary N) is 3. The van der Waals surface area contributed by atoms with E-state index in [1.54, 1.807) is 14.0 Å². The lowest BCUT2D eigenvalue weighted by molar-refractivity contribution is -0.127. The van der Waals surface area contributed by atoms with E-state index in [1.165, 1.54) is 0 Å². The first-order valence-corrected chi connectivity index (χ1v) is 6.37. The van der Waals surface area contributed by atoms with E-state index in [4.69, 9.17) is 17.0 Å². The molecule has 0 radical (unpaired) electrons. The second-order valence-electron chi connectivity index (χ2n) is 4.15. The molecular weight excluding hydrogens is 262 g/mol. The third kappa shape index (κ3) is 4.40. The Kier molecular flexibility index (Phi) is 5.57. The molecule has 1 aromatic carbocycles. The van der Waals surface area contributed by atoms with Crippen molar-refractivity contribution in [1.82, 2.24) is 16.2 Å². The van der Waals surface area contributed by atoms with Crippen LogP contribution in [0.25, 0.3) is 0 Å².